The molecule has 0 bridgehead atoms. The number of hydrogen-bond acceptors (Lipinski definition) is 7. The number of carbonyl (C=O) groups is 4. The first-order valence-electron chi connectivity index (χ1n) is 13.7. The van der Waals surface area contributed by atoms with Crippen LogP contribution in [0.3, 0.4) is 0 Å². The van der Waals surface area contributed by atoms with Crippen LogP contribution in [0, 0.1) is 11.8 Å². The maximum atomic E-state index is 13.0. The largest absolute Gasteiger partial charge is 0.480 e. The molecule has 5 N–H and O–H groups in total. The van der Waals surface area contributed by atoms with E-state index >= 15 is 0 Å². The molecular weight excluding hydrogens is 584 g/mol. The molecular formula is C32H27ClN6O5. The molecule has 2 aromatic carbocycles. The van der Waals surface area contributed by atoms with Crippen molar-refractivity contribution in [3.8, 4) is 23.1 Å². The molecule has 44 heavy (non-hydrogen) atoms. The van der Waals surface area contributed by atoms with Crippen LogP contribution >= 0.6 is 11.6 Å². The van der Waals surface area contributed by atoms with E-state index in [1.807, 2.05) is 0 Å². The van der Waals surface area contributed by atoms with E-state index in [-0.39, 0.29) is 22.4 Å². The van der Waals surface area contributed by atoms with Gasteiger partial charge in [0.2, 0.25) is 5.91 Å². The molecule has 3 amide bonds. The van der Waals surface area contributed by atoms with Crippen LogP contribution in [0.5, 0.6) is 0 Å². The Hall–Kier alpha value is -5.31. The minimum Gasteiger partial charge on any atom is -0.480 e. The van der Waals surface area contributed by atoms with Gasteiger partial charge < -0.3 is 15.3 Å². The van der Waals surface area contributed by atoms with Crippen molar-refractivity contribution in [2.24, 2.45) is 5.84 Å². The zero-order chi connectivity index (χ0) is 31.4. The van der Waals surface area contributed by atoms with Gasteiger partial charge >= 0.3 is 5.97 Å². The first-order valence-corrected chi connectivity index (χ1v) is 14.1. The lowest BCUT2D eigenvalue weighted by Crippen LogP contribution is -2.47. The number of aromatic nitrogens is 2. The van der Waals surface area contributed by atoms with Gasteiger partial charge in [0, 0.05) is 53.4 Å². The summed E-state index contributed by atoms with van der Waals surface area (Å²) in [7, 11) is 0. The Kier molecular flexibility index (Phi) is 8.85. The Morgan fingerprint density at radius 3 is 2.50 bits per heavy atom. The number of carbonyl (C=O) groups excluding carboxylic acids is 3. The van der Waals surface area contributed by atoms with Crippen LogP contribution in [-0.4, -0.2) is 56.3 Å². The number of halogens is 1. The first kappa shape index (κ1) is 30.2. The summed E-state index contributed by atoms with van der Waals surface area (Å²) in [5.74, 6) is 9.58. The van der Waals surface area contributed by atoms with E-state index in [2.05, 4.69) is 32.6 Å². The number of carboxylic acids is 1. The highest BCUT2D eigenvalue weighted by Crippen LogP contribution is 2.27. The van der Waals surface area contributed by atoms with E-state index in [1.54, 1.807) is 48.5 Å². The topological polar surface area (TPSA) is 168 Å². The molecule has 0 aliphatic carbocycles. The smallest absolute Gasteiger partial charge is 0.326 e. The molecule has 1 aliphatic rings. The molecule has 1 aliphatic heterocycles. The number of carboxylic acid groups (broad SMARTS) is 1. The second kappa shape index (κ2) is 12.9. The van der Waals surface area contributed by atoms with E-state index in [0.717, 1.165) is 12.8 Å². The number of rotatable bonds is 5. The second-order valence-corrected chi connectivity index (χ2v) is 10.6. The molecule has 4 aromatic rings. The van der Waals surface area contributed by atoms with Gasteiger partial charge in [-0.3, -0.25) is 19.8 Å². The molecule has 2 aromatic heterocycles. The van der Waals surface area contributed by atoms with Crippen molar-refractivity contribution in [2.45, 2.75) is 32.2 Å². The molecule has 1 saturated heterocycles. The van der Waals surface area contributed by atoms with Gasteiger partial charge in [0.15, 0.2) is 0 Å². The highest BCUT2D eigenvalue weighted by atomic mass is 35.5. The number of nitrogen functional groups attached to an aromatic ring is 1. The number of anilines is 1. The monoisotopic (exact) mass is 610 g/mol. The Morgan fingerprint density at radius 2 is 1.82 bits per heavy atom. The zero-order valence-corrected chi connectivity index (χ0v) is 24.3. The molecule has 222 valence electrons. The van der Waals surface area contributed by atoms with Crippen LogP contribution in [0.25, 0.3) is 22.2 Å². The predicted octanol–water partition coefficient (Wildman–Crippen LogP) is 3.99. The van der Waals surface area contributed by atoms with Crippen LogP contribution in [0.1, 0.15) is 58.0 Å². The van der Waals surface area contributed by atoms with E-state index in [4.69, 9.17) is 17.4 Å². The summed E-state index contributed by atoms with van der Waals surface area (Å²) < 4.78 is 0. The third-order valence-corrected chi connectivity index (χ3v) is 7.47. The number of benzene rings is 2. The summed E-state index contributed by atoms with van der Waals surface area (Å²) in [6.07, 6.45) is 3.40. The van der Waals surface area contributed by atoms with Crippen molar-refractivity contribution in [1.29, 1.82) is 0 Å². The number of hydrogen-bond donors (Lipinski definition) is 4. The second-order valence-electron chi connectivity index (χ2n) is 10.2. The normalized spacial score (nSPS) is 14.3. The summed E-state index contributed by atoms with van der Waals surface area (Å²) in [6.45, 7) is 1.75. The zero-order valence-electron chi connectivity index (χ0n) is 23.6. The summed E-state index contributed by atoms with van der Waals surface area (Å²) in [5, 5.41) is 12.9. The van der Waals surface area contributed by atoms with Crippen molar-refractivity contribution in [1.82, 2.24) is 20.3 Å². The maximum absolute atomic E-state index is 13.0. The predicted molar refractivity (Wildman–Crippen MR) is 165 cm³/mol. The minimum atomic E-state index is -1.01. The fraction of sp³-hybridized carbons (Fsp3) is 0.188. The quantitative estimate of drug-likeness (QED) is 0.114. The number of nitrogens with two attached hydrogens (primary N) is 1. The van der Waals surface area contributed by atoms with Crippen LogP contribution in [0.2, 0.25) is 5.02 Å². The minimum absolute atomic E-state index is 0.272. The summed E-state index contributed by atoms with van der Waals surface area (Å²) in [6, 6.07) is 14.3. The van der Waals surface area contributed by atoms with Gasteiger partial charge in [0.05, 0.1) is 21.8 Å². The molecule has 1 unspecified atom stereocenters. The standard InChI is InChI=1S/C32H27ClN6O5/c1-18(40)36-29-16-27-24(17-35-29)23(30(41)38-34)15-26(37-27)21-9-6-19(7-10-21)5-8-20-11-12-22(14-25(20)33)31(42)39-13-3-2-4-28(39)32(43)44/h6-7,9-12,14-17,28H,2-4,13,34H2,1H3,(H,38,41)(H,43,44)(H,35,36,40). The van der Waals surface area contributed by atoms with Crippen LogP contribution in [0.4, 0.5) is 5.82 Å². The van der Waals surface area contributed by atoms with Gasteiger partial charge in [-0.15, -0.1) is 0 Å². The average Bonchev–Trinajstić information content (AvgIpc) is 3.02. The maximum Gasteiger partial charge on any atom is 0.326 e. The number of hydrazine groups is 1. The lowest BCUT2D eigenvalue weighted by atomic mass is 10.0. The number of pyridine rings is 2. The molecule has 0 radical (unpaired) electrons. The molecule has 3 heterocycles. The van der Waals surface area contributed by atoms with Gasteiger partial charge in [-0.1, -0.05) is 35.6 Å². The van der Waals surface area contributed by atoms with Crippen molar-refractivity contribution in [3.05, 3.63) is 88.1 Å². The highest BCUT2D eigenvalue weighted by molar-refractivity contribution is 6.32. The van der Waals surface area contributed by atoms with E-state index in [9.17, 15) is 24.3 Å². The van der Waals surface area contributed by atoms with Crippen molar-refractivity contribution < 1.29 is 24.3 Å². The Bertz CT molecular complexity index is 1870. The van der Waals surface area contributed by atoms with Crippen molar-refractivity contribution in [2.75, 3.05) is 11.9 Å². The highest BCUT2D eigenvalue weighted by Gasteiger charge is 2.32. The molecule has 11 nitrogen and oxygen atoms in total. The number of fused-ring (bicyclic) bond motifs is 1. The van der Waals surface area contributed by atoms with Gasteiger partial charge in [-0.2, -0.15) is 0 Å². The Morgan fingerprint density at radius 1 is 1.05 bits per heavy atom. The molecule has 0 saturated carbocycles. The van der Waals surface area contributed by atoms with Gasteiger partial charge in [0.1, 0.15) is 11.9 Å². The Labute approximate surface area is 257 Å². The van der Waals surface area contributed by atoms with E-state index in [0.29, 0.717) is 57.6 Å². The average molecular weight is 611 g/mol. The van der Waals surface area contributed by atoms with E-state index < -0.39 is 17.9 Å². The molecule has 1 atom stereocenters. The third-order valence-electron chi connectivity index (χ3n) is 7.16. The SMILES string of the molecule is CC(=O)Nc1cc2nc(-c3ccc(C#Cc4ccc(C(=O)N5CCCCC5C(=O)O)cc4Cl)cc3)cc(C(=O)NN)c2cn1. The van der Waals surface area contributed by atoms with E-state index in [1.165, 1.54) is 24.1 Å². The summed E-state index contributed by atoms with van der Waals surface area (Å²) >= 11 is 6.45. The number of piperidine rings is 1. The van der Waals surface area contributed by atoms with Crippen LogP contribution < -0.4 is 16.6 Å². The fourth-order valence-corrected chi connectivity index (χ4v) is 5.22. The molecule has 5 rings (SSSR count). The van der Waals surface area contributed by atoms with Gasteiger partial charge in [-0.25, -0.2) is 20.6 Å². The van der Waals surface area contributed by atoms with Gasteiger partial charge in [0.25, 0.3) is 11.8 Å². The summed E-state index contributed by atoms with van der Waals surface area (Å²) in [5.41, 5.74) is 5.56. The number of nitrogens with zero attached hydrogens (tertiary/aromatic N) is 3. The van der Waals surface area contributed by atoms with Crippen LogP contribution in [0.15, 0.2) is 60.8 Å². The van der Waals surface area contributed by atoms with Crippen LogP contribution in [-0.2, 0) is 9.59 Å². The number of likely N-dealkylation sites (tertiary alicyclic amines) is 1. The van der Waals surface area contributed by atoms with Crippen molar-refractivity contribution in [3.63, 3.8) is 0 Å². The number of amides is 3. The lowest BCUT2D eigenvalue weighted by Gasteiger charge is -2.33. The molecule has 0 spiro atoms. The summed E-state index contributed by atoms with van der Waals surface area (Å²) in [4.78, 5) is 58.9. The lowest BCUT2D eigenvalue weighted by molar-refractivity contribution is -0.143. The van der Waals surface area contributed by atoms with Gasteiger partial charge in [-0.05, 0) is 55.7 Å². The molecule has 12 heteroatoms. The molecule has 1 fully saturated rings. The van der Waals surface area contributed by atoms with Crippen molar-refractivity contribution >= 4 is 52.0 Å². The number of aliphatic carboxylic acids is 1. The number of nitrogens with one attached hydrogen (secondary N) is 2. The fourth-order valence-electron chi connectivity index (χ4n) is 4.99. The first-order chi connectivity index (χ1) is 21.1. The third kappa shape index (κ3) is 6.52. The Balaban J connectivity index is 1.38.